The van der Waals surface area contributed by atoms with Crippen molar-refractivity contribution in [2.45, 2.75) is 18.9 Å². The summed E-state index contributed by atoms with van der Waals surface area (Å²) in [4.78, 5) is 23.5. The summed E-state index contributed by atoms with van der Waals surface area (Å²) in [5.41, 5.74) is 0.385. The Bertz CT molecular complexity index is 493. The van der Waals surface area contributed by atoms with Gasteiger partial charge in [0.15, 0.2) is 0 Å². The zero-order valence-electron chi connectivity index (χ0n) is 9.50. The van der Waals surface area contributed by atoms with Crippen LogP contribution < -0.4 is 10.6 Å². The second-order valence-corrected chi connectivity index (χ2v) is 5.25. The maximum absolute atomic E-state index is 12.9. The quantitative estimate of drug-likeness (QED) is 0.783. The summed E-state index contributed by atoms with van der Waals surface area (Å²) < 4.78 is 13.5. The van der Waals surface area contributed by atoms with Gasteiger partial charge < -0.3 is 10.6 Å². The van der Waals surface area contributed by atoms with Crippen molar-refractivity contribution in [1.29, 1.82) is 0 Å². The third-order valence-electron chi connectivity index (χ3n) is 2.77. The Hall–Kier alpha value is -1.18. The Kier molecular flexibility index (Phi) is 4.15. The van der Waals surface area contributed by atoms with Gasteiger partial charge in [0.2, 0.25) is 5.91 Å². The molecule has 6 heteroatoms. The fourth-order valence-corrected chi connectivity index (χ4v) is 2.54. The molecule has 1 heterocycles. The molecule has 0 saturated carbocycles. The molecule has 0 bridgehead atoms. The zero-order valence-corrected chi connectivity index (χ0v) is 11.7. The largest absolute Gasteiger partial charge is 0.354 e. The van der Waals surface area contributed by atoms with E-state index in [4.69, 9.17) is 0 Å². The van der Waals surface area contributed by atoms with E-state index in [0.29, 0.717) is 22.1 Å². The van der Waals surface area contributed by atoms with Crippen LogP contribution >= 0.6 is 22.6 Å². The molecule has 1 fully saturated rings. The molecule has 0 radical (unpaired) electrons. The van der Waals surface area contributed by atoms with Crippen molar-refractivity contribution < 1.29 is 14.0 Å². The third-order valence-corrected chi connectivity index (χ3v) is 3.66. The Morgan fingerprint density at radius 2 is 2.28 bits per heavy atom. The van der Waals surface area contributed by atoms with E-state index in [-0.39, 0.29) is 17.6 Å². The Morgan fingerprint density at radius 3 is 2.94 bits per heavy atom. The molecule has 1 aromatic rings. The Balaban J connectivity index is 2.09. The van der Waals surface area contributed by atoms with Crippen LogP contribution in [0.15, 0.2) is 18.2 Å². The number of hydrogen-bond acceptors (Lipinski definition) is 2. The molecule has 1 unspecified atom stereocenters. The van der Waals surface area contributed by atoms with E-state index in [2.05, 4.69) is 10.6 Å². The molecule has 2 N–H and O–H groups in total. The molecule has 2 rings (SSSR count). The van der Waals surface area contributed by atoms with Gasteiger partial charge >= 0.3 is 0 Å². The normalized spacial score (nSPS) is 19.2. The van der Waals surface area contributed by atoms with Gasteiger partial charge in [-0.2, -0.15) is 0 Å². The molecule has 1 saturated heterocycles. The highest BCUT2D eigenvalue weighted by molar-refractivity contribution is 14.1. The molecule has 0 aromatic heterocycles. The number of piperidine rings is 1. The number of amides is 2. The minimum atomic E-state index is -0.493. The fraction of sp³-hybridized carbons (Fsp3) is 0.333. The van der Waals surface area contributed by atoms with Crippen LogP contribution in [0.5, 0.6) is 0 Å². The highest BCUT2D eigenvalue weighted by atomic mass is 127. The minimum Gasteiger partial charge on any atom is -0.354 e. The molecule has 96 valence electrons. The topological polar surface area (TPSA) is 58.2 Å². The number of hydrogen-bond donors (Lipinski definition) is 2. The summed E-state index contributed by atoms with van der Waals surface area (Å²) in [7, 11) is 0. The first kappa shape index (κ1) is 13.3. The van der Waals surface area contributed by atoms with Gasteiger partial charge in [0.05, 0.1) is 5.56 Å². The molecule has 0 spiro atoms. The molecule has 1 atom stereocenters. The number of carbonyl (C=O) groups is 2. The average molecular weight is 362 g/mol. The van der Waals surface area contributed by atoms with Crippen LogP contribution in [0.25, 0.3) is 0 Å². The zero-order chi connectivity index (χ0) is 13.1. The van der Waals surface area contributed by atoms with E-state index < -0.39 is 6.04 Å². The second-order valence-electron chi connectivity index (χ2n) is 4.08. The Labute approximate surface area is 117 Å². The summed E-state index contributed by atoms with van der Waals surface area (Å²) in [5, 5.41) is 5.36. The predicted molar refractivity (Wildman–Crippen MR) is 72.6 cm³/mol. The summed E-state index contributed by atoms with van der Waals surface area (Å²) in [6.45, 7) is 0.652. The van der Waals surface area contributed by atoms with Crippen molar-refractivity contribution in [2.75, 3.05) is 6.54 Å². The van der Waals surface area contributed by atoms with Gasteiger partial charge in [0.25, 0.3) is 5.91 Å². The lowest BCUT2D eigenvalue weighted by Gasteiger charge is -2.22. The number of carbonyl (C=O) groups excluding carboxylic acids is 2. The number of nitrogens with one attached hydrogen (secondary N) is 2. The van der Waals surface area contributed by atoms with Gasteiger partial charge in [-0.1, -0.05) is 0 Å². The van der Waals surface area contributed by atoms with Crippen molar-refractivity contribution in [3.63, 3.8) is 0 Å². The van der Waals surface area contributed by atoms with E-state index in [1.165, 1.54) is 18.2 Å². The van der Waals surface area contributed by atoms with Crippen molar-refractivity contribution in [2.24, 2.45) is 0 Å². The average Bonchev–Trinajstić information content (AvgIpc) is 2.32. The van der Waals surface area contributed by atoms with E-state index in [9.17, 15) is 14.0 Å². The lowest BCUT2D eigenvalue weighted by Crippen LogP contribution is -2.50. The number of benzene rings is 1. The Morgan fingerprint density at radius 1 is 1.50 bits per heavy atom. The summed E-state index contributed by atoms with van der Waals surface area (Å²) in [6, 6.07) is 3.45. The molecule has 1 aliphatic heterocycles. The van der Waals surface area contributed by atoms with E-state index >= 15 is 0 Å². The van der Waals surface area contributed by atoms with Crippen LogP contribution in [0.1, 0.15) is 23.2 Å². The van der Waals surface area contributed by atoms with Gasteiger partial charge in [0.1, 0.15) is 11.9 Å². The van der Waals surface area contributed by atoms with Crippen molar-refractivity contribution in [3.05, 3.63) is 33.1 Å². The minimum absolute atomic E-state index is 0.160. The van der Waals surface area contributed by atoms with E-state index in [1.807, 2.05) is 22.6 Å². The van der Waals surface area contributed by atoms with Gasteiger partial charge in [-0.3, -0.25) is 9.59 Å². The lowest BCUT2D eigenvalue weighted by atomic mass is 10.1. The fourth-order valence-electron chi connectivity index (χ4n) is 1.82. The van der Waals surface area contributed by atoms with E-state index in [1.54, 1.807) is 0 Å². The smallest absolute Gasteiger partial charge is 0.253 e. The second kappa shape index (κ2) is 5.64. The molecule has 2 amide bonds. The first-order valence-electron chi connectivity index (χ1n) is 5.61. The molecule has 18 heavy (non-hydrogen) atoms. The van der Waals surface area contributed by atoms with Crippen molar-refractivity contribution >= 4 is 34.4 Å². The standard InChI is InChI=1S/C12H12FIN2O2/c13-7-3-4-8(9(14)6-7)11(17)16-10-2-1-5-15-12(10)18/h3-4,6,10H,1-2,5H2,(H,15,18)(H,16,17). The van der Waals surface area contributed by atoms with Crippen LogP contribution in [0.3, 0.4) is 0 Å². The lowest BCUT2D eigenvalue weighted by molar-refractivity contribution is -0.124. The predicted octanol–water partition coefficient (Wildman–Crippen LogP) is 1.44. The monoisotopic (exact) mass is 362 g/mol. The summed E-state index contributed by atoms with van der Waals surface area (Å²) in [5.74, 6) is -0.889. The molecular weight excluding hydrogens is 350 g/mol. The number of halogens is 2. The van der Waals surface area contributed by atoms with Gasteiger partial charge in [-0.05, 0) is 53.6 Å². The molecule has 4 nitrogen and oxygen atoms in total. The van der Waals surface area contributed by atoms with Crippen LogP contribution in [0.2, 0.25) is 0 Å². The van der Waals surface area contributed by atoms with Crippen LogP contribution in [0, 0.1) is 9.39 Å². The van der Waals surface area contributed by atoms with Crippen LogP contribution in [-0.4, -0.2) is 24.4 Å². The molecule has 0 aliphatic carbocycles. The highest BCUT2D eigenvalue weighted by Crippen LogP contribution is 2.14. The van der Waals surface area contributed by atoms with Crippen LogP contribution in [0.4, 0.5) is 4.39 Å². The maximum atomic E-state index is 12.9. The van der Waals surface area contributed by atoms with Crippen molar-refractivity contribution in [1.82, 2.24) is 10.6 Å². The van der Waals surface area contributed by atoms with Gasteiger partial charge in [0, 0.05) is 10.1 Å². The first-order valence-corrected chi connectivity index (χ1v) is 6.69. The van der Waals surface area contributed by atoms with Crippen LogP contribution in [-0.2, 0) is 4.79 Å². The summed E-state index contributed by atoms with van der Waals surface area (Å²) in [6.07, 6.45) is 1.48. The van der Waals surface area contributed by atoms with E-state index in [0.717, 1.165) is 6.42 Å². The third kappa shape index (κ3) is 2.98. The summed E-state index contributed by atoms with van der Waals surface area (Å²) >= 11 is 1.90. The number of rotatable bonds is 2. The van der Waals surface area contributed by atoms with Gasteiger partial charge in [-0.25, -0.2) is 4.39 Å². The maximum Gasteiger partial charge on any atom is 0.253 e. The molecular formula is C12H12FIN2O2. The van der Waals surface area contributed by atoms with Gasteiger partial charge in [-0.15, -0.1) is 0 Å². The SMILES string of the molecule is O=C(NC1CCCNC1=O)c1ccc(F)cc1I. The molecule has 1 aliphatic rings. The highest BCUT2D eigenvalue weighted by Gasteiger charge is 2.24. The first-order chi connectivity index (χ1) is 8.58. The molecule has 1 aromatic carbocycles. The van der Waals surface area contributed by atoms with Crippen molar-refractivity contribution in [3.8, 4) is 0 Å².